The van der Waals surface area contributed by atoms with Crippen molar-refractivity contribution < 1.29 is 57.6 Å². The minimum Gasteiger partial charge on any atom is -0.481 e. The highest BCUT2D eigenvalue weighted by molar-refractivity contribution is 5.82. The van der Waals surface area contributed by atoms with E-state index in [2.05, 4.69) is 10.6 Å². The van der Waals surface area contributed by atoms with Crippen LogP contribution < -0.4 is 10.6 Å². The molecule has 0 bridgehead atoms. The number of ether oxygens (including phenoxy) is 5. The molecule has 0 saturated heterocycles. The molecule has 0 aliphatic carbocycles. The molecule has 14 heteroatoms. The summed E-state index contributed by atoms with van der Waals surface area (Å²) in [4.78, 5) is 74.1. The first-order valence-electron chi connectivity index (χ1n) is 15.6. The molecule has 0 spiro atoms. The number of esters is 3. The highest BCUT2D eigenvalue weighted by atomic mass is 16.7. The molecule has 0 heterocycles. The molecule has 0 aliphatic rings. The van der Waals surface area contributed by atoms with Gasteiger partial charge in [0, 0.05) is 12.8 Å². The van der Waals surface area contributed by atoms with E-state index in [0.29, 0.717) is 0 Å². The molecule has 0 radical (unpaired) electrons. The molecular formula is C34H44N2O12. The van der Waals surface area contributed by atoms with E-state index >= 15 is 0 Å². The normalized spacial score (nSPS) is 12.6. The van der Waals surface area contributed by atoms with Crippen LogP contribution in [-0.2, 0) is 56.1 Å². The van der Waals surface area contributed by atoms with Crippen LogP contribution in [-0.4, -0.2) is 66.2 Å². The second kappa shape index (κ2) is 20.9. The molecule has 1 unspecified atom stereocenters. The van der Waals surface area contributed by atoms with E-state index in [1.54, 1.807) is 76.2 Å². The zero-order valence-electron chi connectivity index (χ0n) is 27.5. The SMILES string of the molecule is CC(C)[C@H](NC(=O)OCc1ccccc1)C(=O)OCCC(OC(=O)CCCC(=O)O)OC(=O)[C@@H](NC(=O)OCc1ccccc1)C(C)C. The van der Waals surface area contributed by atoms with E-state index < -0.39 is 60.4 Å². The zero-order valence-corrected chi connectivity index (χ0v) is 27.5. The Hall–Kier alpha value is -5.14. The Bertz CT molecular complexity index is 1330. The van der Waals surface area contributed by atoms with Gasteiger partial charge in [-0.3, -0.25) is 9.59 Å². The maximum atomic E-state index is 13.1. The summed E-state index contributed by atoms with van der Waals surface area (Å²) in [6.45, 7) is 6.26. The molecule has 262 valence electrons. The number of alkyl carbamates (subject to hydrolysis) is 2. The molecule has 0 aromatic heterocycles. The van der Waals surface area contributed by atoms with Crippen LogP contribution in [0.4, 0.5) is 9.59 Å². The summed E-state index contributed by atoms with van der Waals surface area (Å²) in [6.07, 6.45) is -4.12. The van der Waals surface area contributed by atoms with Crippen molar-refractivity contribution in [1.29, 1.82) is 0 Å². The molecule has 2 aromatic carbocycles. The number of nitrogens with one attached hydrogen (secondary N) is 2. The van der Waals surface area contributed by atoms with Crippen LogP contribution in [0, 0.1) is 11.8 Å². The Kier molecular flexibility index (Phi) is 17.0. The number of amides is 2. The first-order chi connectivity index (χ1) is 22.8. The number of carbonyl (C=O) groups excluding carboxylic acids is 5. The number of carbonyl (C=O) groups is 6. The van der Waals surface area contributed by atoms with Gasteiger partial charge in [0.05, 0.1) is 13.0 Å². The van der Waals surface area contributed by atoms with Gasteiger partial charge in [0.25, 0.3) is 6.29 Å². The number of hydrogen-bond acceptors (Lipinski definition) is 11. The number of benzene rings is 2. The zero-order chi connectivity index (χ0) is 35.5. The van der Waals surface area contributed by atoms with Crippen LogP contribution in [0.2, 0.25) is 0 Å². The summed E-state index contributed by atoms with van der Waals surface area (Å²) in [7, 11) is 0. The second-order valence-electron chi connectivity index (χ2n) is 11.4. The van der Waals surface area contributed by atoms with E-state index in [4.69, 9.17) is 28.8 Å². The van der Waals surface area contributed by atoms with Crippen molar-refractivity contribution in [3.05, 3.63) is 71.8 Å². The molecular weight excluding hydrogens is 628 g/mol. The smallest absolute Gasteiger partial charge is 0.408 e. The molecule has 2 amide bonds. The minimum absolute atomic E-state index is 0.00556. The van der Waals surface area contributed by atoms with E-state index in [-0.39, 0.29) is 51.4 Å². The molecule has 2 rings (SSSR count). The van der Waals surface area contributed by atoms with Gasteiger partial charge in [-0.15, -0.1) is 0 Å². The van der Waals surface area contributed by atoms with Crippen LogP contribution in [0.15, 0.2) is 60.7 Å². The Labute approximate surface area is 279 Å². The Morgan fingerprint density at radius 1 is 0.646 bits per heavy atom. The summed E-state index contributed by atoms with van der Waals surface area (Å²) < 4.78 is 26.4. The van der Waals surface area contributed by atoms with Crippen molar-refractivity contribution in [1.82, 2.24) is 10.6 Å². The fraction of sp³-hybridized carbons (Fsp3) is 0.471. The van der Waals surface area contributed by atoms with Crippen molar-refractivity contribution in [2.75, 3.05) is 6.61 Å². The Balaban J connectivity index is 2.00. The number of carboxylic acids is 1. The summed E-state index contributed by atoms with van der Waals surface area (Å²) in [5, 5.41) is 13.8. The third-order valence-corrected chi connectivity index (χ3v) is 6.69. The fourth-order valence-electron chi connectivity index (χ4n) is 4.06. The molecule has 3 atom stereocenters. The summed E-state index contributed by atoms with van der Waals surface area (Å²) >= 11 is 0. The average Bonchev–Trinajstić information content (AvgIpc) is 3.04. The van der Waals surface area contributed by atoms with Crippen molar-refractivity contribution >= 4 is 36.1 Å². The lowest BCUT2D eigenvalue weighted by Gasteiger charge is -2.25. The summed E-state index contributed by atoms with van der Waals surface area (Å²) in [5.41, 5.74) is 1.49. The van der Waals surface area contributed by atoms with Crippen molar-refractivity contribution in [3.8, 4) is 0 Å². The lowest BCUT2D eigenvalue weighted by Crippen LogP contribution is -2.47. The second-order valence-corrected chi connectivity index (χ2v) is 11.4. The first-order valence-corrected chi connectivity index (χ1v) is 15.6. The van der Waals surface area contributed by atoms with Crippen LogP contribution in [0.1, 0.15) is 64.5 Å². The number of rotatable bonds is 19. The Morgan fingerprint density at radius 3 is 1.58 bits per heavy atom. The molecule has 0 saturated carbocycles. The Morgan fingerprint density at radius 2 is 1.12 bits per heavy atom. The molecule has 14 nitrogen and oxygen atoms in total. The maximum absolute atomic E-state index is 13.1. The van der Waals surface area contributed by atoms with Crippen molar-refractivity contribution in [3.63, 3.8) is 0 Å². The molecule has 2 aromatic rings. The number of aliphatic carboxylic acids is 1. The predicted molar refractivity (Wildman–Crippen MR) is 170 cm³/mol. The van der Waals surface area contributed by atoms with Gasteiger partial charge in [0.1, 0.15) is 25.3 Å². The molecule has 0 aliphatic heterocycles. The van der Waals surface area contributed by atoms with Crippen LogP contribution in [0.25, 0.3) is 0 Å². The van der Waals surface area contributed by atoms with E-state index in [0.717, 1.165) is 11.1 Å². The standard InChI is InChI=1S/C34H44N2O12/c1-22(2)29(35-33(42)45-20-24-12-7-5-8-13-24)31(40)44-19-18-28(47-27(39)17-11-16-26(37)38)48-32(41)30(23(3)4)36-34(43)46-21-25-14-9-6-10-15-25/h5-10,12-15,22-23,28-30H,11,16-21H2,1-4H3,(H,35,42)(H,36,43)(H,37,38)/t28?,29-,30-/m0/s1. The van der Waals surface area contributed by atoms with Gasteiger partial charge in [0.15, 0.2) is 0 Å². The predicted octanol–water partition coefficient (Wildman–Crippen LogP) is 4.49. The maximum Gasteiger partial charge on any atom is 0.408 e. The monoisotopic (exact) mass is 672 g/mol. The van der Waals surface area contributed by atoms with Gasteiger partial charge < -0.3 is 39.4 Å². The van der Waals surface area contributed by atoms with Crippen LogP contribution in [0.3, 0.4) is 0 Å². The highest BCUT2D eigenvalue weighted by Gasteiger charge is 2.31. The van der Waals surface area contributed by atoms with Gasteiger partial charge in [-0.2, -0.15) is 0 Å². The minimum atomic E-state index is -1.55. The van der Waals surface area contributed by atoms with Gasteiger partial charge in [-0.25, -0.2) is 19.2 Å². The third-order valence-electron chi connectivity index (χ3n) is 6.69. The topological polar surface area (TPSA) is 193 Å². The fourth-order valence-corrected chi connectivity index (χ4v) is 4.06. The molecule has 3 N–H and O–H groups in total. The van der Waals surface area contributed by atoms with Gasteiger partial charge in [0.2, 0.25) is 0 Å². The third kappa shape index (κ3) is 15.4. The lowest BCUT2D eigenvalue weighted by molar-refractivity contribution is -0.193. The van der Waals surface area contributed by atoms with Crippen LogP contribution in [0.5, 0.6) is 0 Å². The van der Waals surface area contributed by atoms with Gasteiger partial charge >= 0.3 is 36.1 Å². The molecule has 48 heavy (non-hydrogen) atoms. The highest BCUT2D eigenvalue weighted by Crippen LogP contribution is 2.13. The lowest BCUT2D eigenvalue weighted by atomic mass is 10.1. The van der Waals surface area contributed by atoms with Crippen molar-refractivity contribution in [2.45, 2.75) is 85.0 Å². The van der Waals surface area contributed by atoms with Crippen molar-refractivity contribution in [2.24, 2.45) is 11.8 Å². The van der Waals surface area contributed by atoms with Gasteiger partial charge in [-0.05, 0) is 29.4 Å². The van der Waals surface area contributed by atoms with E-state index in [1.807, 2.05) is 12.1 Å². The summed E-state index contributed by atoms with van der Waals surface area (Å²) in [5.74, 6) is -4.55. The number of hydrogen-bond donors (Lipinski definition) is 3. The van der Waals surface area contributed by atoms with Crippen LogP contribution >= 0.6 is 0 Å². The largest absolute Gasteiger partial charge is 0.481 e. The number of carboxylic acid groups (broad SMARTS) is 1. The average molecular weight is 673 g/mol. The van der Waals surface area contributed by atoms with E-state index in [9.17, 15) is 28.8 Å². The first kappa shape index (κ1) is 39.0. The quantitative estimate of drug-likeness (QED) is 0.108. The summed E-state index contributed by atoms with van der Waals surface area (Å²) in [6, 6.07) is 15.6. The molecule has 0 fully saturated rings. The van der Waals surface area contributed by atoms with E-state index in [1.165, 1.54) is 0 Å². The van der Waals surface area contributed by atoms with Gasteiger partial charge in [-0.1, -0.05) is 88.4 Å².